The summed E-state index contributed by atoms with van der Waals surface area (Å²) in [6.07, 6.45) is 23.0. The maximum atomic E-state index is 6.30. The Bertz CT molecular complexity index is 1010. The van der Waals surface area contributed by atoms with E-state index >= 15 is 0 Å². The van der Waals surface area contributed by atoms with E-state index in [9.17, 15) is 0 Å². The van der Waals surface area contributed by atoms with Crippen molar-refractivity contribution in [1.82, 2.24) is 35.4 Å². The third-order valence-corrected chi connectivity index (χ3v) is 13.2. The first-order chi connectivity index (χ1) is 21.0. The Morgan fingerprint density at radius 3 is 2.58 bits per heavy atom. The molecule has 1 aromatic heterocycles. The van der Waals surface area contributed by atoms with Crippen molar-refractivity contribution in [2.24, 2.45) is 29.6 Å². The van der Waals surface area contributed by atoms with Gasteiger partial charge in [-0.25, -0.2) is 0 Å². The fourth-order valence-electron chi connectivity index (χ4n) is 9.35. The molecule has 2 aliphatic carbocycles. The molecule has 5 heterocycles. The standard InChI is InChI=1S/C34H59N7OS/c1-34(2)21-24-7-6-18-35-29-12-5-13-32(37-29)43-36-22-27-14-15-30(38-33(27)40(34)23-24)41-19-16-31(39-41)42-20-17-28(25-8-3-9-25)26-10-4-11-26/h16,19,24-30,32-33,35-38H,3-15,17-18,20-23H2,1-2H3/t24-,27?,29?,30?,32?,33?/m0/s1. The fourth-order valence-corrected chi connectivity index (χ4v) is 10.4. The van der Waals surface area contributed by atoms with Crippen LogP contribution in [0.4, 0.5) is 0 Å². The number of rotatable bonds is 7. The van der Waals surface area contributed by atoms with Crippen molar-refractivity contribution in [3.05, 3.63) is 12.3 Å². The largest absolute Gasteiger partial charge is 0.477 e. The highest BCUT2D eigenvalue weighted by molar-refractivity contribution is 7.98. The molecule has 242 valence electrons. The quantitative estimate of drug-likeness (QED) is 0.286. The van der Waals surface area contributed by atoms with E-state index in [4.69, 9.17) is 9.84 Å². The van der Waals surface area contributed by atoms with Gasteiger partial charge >= 0.3 is 0 Å². The van der Waals surface area contributed by atoms with Crippen LogP contribution in [-0.4, -0.2) is 64.2 Å². The minimum Gasteiger partial charge on any atom is -0.477 e. The normalized spacial score (nSPS) is 37.5. The number of piperidine rings is 2. The van der Waals surface area contributed by atoms with Gasteiger partial charge in [-0.3, -0.25) is 24.9 Å². The van der Waals surface area contributed by atoms with Gasteiger partial charge in [-0.15, -0.1) is 5.10 Å². The van der Waals surface area contributed by atoms with Crippen LogP contribution in [0.3, 0.4) is 0 Å². The molecule has 4 aliphatic heterocycles. The van der Waals surface area contributed by atoms with Crippen LogP contribution in [0.25, 0.3) is 0 Å². The van der Waals surface area contributed by atoms with Gasteiger partial charge < -0.3 is 10.1 Å². The Kier molecular flexibility index (Phi) is 9.94. The molecule has 43 heavy (non-hydrogen) atoms. The molecule has 2 saturated carbocycles. The first kappa shape index (κ1) is 30.8. The van der Waals surface area contributed by atoms with Gasteiger partial charge in [-0.2, -0.15) is 0 Å². The summed E-state index contributed by atoms with van der Waals surface area (Å²) in [5.74, 6) is 4.96. The molecular formula is C34H59N7OS. The third kappa shape index (κ3) is 7.27. The van der Waals surface area contributed by atoms with E-state index in [0.29, 0.717) is 23.6 Å². The minimum atomic E-state index is 0.202. The van der Waals surface area contributed by atoms with Gasteiger partial charge in [-0.1, -0.05) is 50.5 Å². The van der Waals surface area contributed by atoms with Crippen molar-refractivity contribution in [2.75, 3.05) is 26.2 Å². The molecule has 0 amide bonds. The lowest BCUT2D eigenvalue weighted by atomic mass is 9.63. The van der Waals surface area contributed by atoms with E-state index in [0.717, 1.165) is 55.7 Å². The van der Waals surface area contributed by atoms with Crippen LogP contribution in [0.1, 0.15) is 116 Å². The van der Waals surface area contributed by atoms with Crippen molar-refractivity contribution in [1.29, 1.82) is 0 Å². The molecular weight excluding hydrogens is 554 g/mol. The summed E-state index contributed by atoms with van der Waals surface area (Å²) in [4.78, 5) is 2.83. The van der Waals surface area contributed by atoms with E-state index in [1.807, 2.05) is 11.9 Å². The molecule has 4 saturated heterocycles. The minimum absolute atomic E-state index is 0.202. The molecule has 9 heteroatoms. The molecule has 0 radical (unpaired) electrons. The lowest BCUT2D eigenvalue weighted by Gasteiger charge is -2.47. The molecule has 6 aliphatic rings. The third-order valence-electron chi connectivity index (χ3n) is 12.2. The van der Waals surface area contributed by atoms with Gasteiger partial charge in [0, 0.05) is 36.8 Å². The van der Waals surface area contributed by atoms with Gasteiger partial charge in [-0.05, 0) is 102 Å². The van der Waals surface area contributed by atoms with Crippen molar-refractivity contribution in [3.63, 3.8) is 0 Å². The van der Waals surface area contributed by atoms with Crippen molar-refractivity contribution in [2.45, 2.75) is 140 Å². The SMILES string of the molecule is CC1(C)C[C@@H]2CCCNC3CCCC(N3)SNCC3CCC(n4ccc(OCCC(C5CCC5)C5CCC5)n4)NC3N1C2. The molecule has 0 spiro atoms. The first-order valence-corrected chi connectivity index (χ1v) is 19.0. The Hall–Kier alpha value is -0.840. The number of ether oxygens (including phenoxy) is 1. The van der Waals surface area contributed by atoms with E-state index in [2.05, 4.69) is 56.4 Å². The summed E-state index contributed by atoms with van der Waals surface area (Å²) >= 11 is 1.93. The van der Waals surface area contributed by atoms with Crippen LogP contribution in [0.15, 0.2) is 12.3 Å². The second kappa shape index (κ2) is 13.9. The Balaban J connectivity index is 0.992. The zero-order valence-electron chi connectivity index (χ0n) is 26.9. The van der Waals surface area contributed by atoms with Crippen LogP contribution in [0, 0.1) is 29.6 Å². The van der Waals surface area contributed by atoms with Crippen LogP contribution in [-0.2, 0) is 0 Å². The van der Waals surface area contributed by atoms with Crippen molar-refractivity contribution < 1.29 is 4.74 Å². The number of nitrogens with one attached hydrogen (secondary N) is 4. The summed E-state index contributed by atoms with van der Waals surface area (Å²) in [6.45, 7) is 9.13. The van der Waals surface area contributed by atoms with Gasteiger partial charge in [0.15, 0.2) is 0 Å². The fraction of sp³-hybridized carbons (Fsp3) is 0.912. The molecule has 8 nitrogen and oxygen atoms in total. The topological polar surface area (TPSA) is 78.4 Å². The number of aromatic nitrogens is 2. The van der Waals surface area contributed by atoms with Gasteiger partial charge in [0.05, 0.1) is 24.3 Å². The summed E-state index contributed by atoms with van der Waals surface area (Å²) in [6, 6.07) is 2.10. The second-order valence-corrected chi connectivity index (χ2v) is 16.6. The van der Waals surface area contributed by atoms with Crippen LogP contribution >= 0.6 is 11.9 Å². The molecule has 6 fully saturated rings. The maximum Gasteiger partial charge on any atom is 0.232 e. The predicted molar refractivity (Wildman–Crippen MR) is 175 cm³/mol. The summed E-state index contributed by atoms with van der Waals surface area (Å²) < 4.78 is 12.3. The Morgan fingerprint density at radius 1 is 0.977 bits per heavy atom. The van der Waals surface area contributed by atoms with E-state index in [1.54, 1.807) is 0 Å². The van der Waals surface area contributed by atoms with E-state index < -0.39 is 0 Å². The summed E-state index contributed by atoms with van der Waals surface area (Å²) in [5.41, 5.74) is 0.202. The number of hydrogen-bond acceptors (Lipinski definition) is 8. The smallest absolute Gasteiger partial charge is 0.232 e. The first-order valence-electron chi connectivity index (χ1n) is 18.1. The summed E-state index contributed by atoms with van der Waals surface area (Å²) in [7, 11) is 0. The lowest BCUT2D eigenvalue weighted by Crippen LogP contribution is -2.60. The van der Waals surface area contributed by atoms with Gasteiger partial charge in [0.2, 0.25) is 5.88 Å². The van der Waals surface area contributed by atoms with Gasteiger partial charge in [0.1, 0.15) is 6.17 Å². The average molecular weight is 614 g/mol. The maximum absolute atomic E-state index is 6.30. The molecule has 7 rings (SSSR count). The molecule has 4 bridgehead atoms. The molecule has 7 atom stereocenters. The Labute approximate surface area is 265 Å². The van der Waals surface area contributed by atoms with E-state index in [1.165, 1.54) is 96.4 Å². The van der Waals surface area contributed by atoms with Crippen molar-refractivity contribution >= 4 is 11.9 Å². The van der Waals surface area contributed by atoms with Crippen LogP contribution < -0.4 is 25.4 Å². The average Bonchev–Trinajstić information content (AvgIpc) is 3.52. The Morgan fingerprint density at radius 2 is 1.79 bits per heavy atom. The zero-order valence-corrected chi connectivity index (χ0v) is 27.8. The zero-order chi connectivity index (χ0) is 29.2. The lowest BCUT2D eigenvalue weighted by molar-refractivity contribution is 0.00918. The molecule has 6 unspecified atom stereocenters. The van der Waals surface area contributed by atoms with Gasteiger partial charge in [0.25, 0.3) is 0 Å². The predicted octanol–water partition coefficient (Wildman–Crippen LogP) is 5.84. The highest BCUT2D eigenvalue weighted by Gasteiger charge is 2.46. The summed E-state index contributed by atoms with van der Waals surface area (Å²) in [5, 5.41) is 17.3. The van der Waals surface area contributed by atoms with Crippen molar-refractivity contribution in [3.8, 4) is 5.88 Å². The molecule has 0 aromatic carbocycles. The molecule has 1 aromatic rings. The highest BCUT2D eigenvalue weighted by atomic mass is 32.2. The monoisotopic (exact) mass is 613 g/mol. The number of nitrogens with zero attached hydrogens (tertiary/aromatic N) is 3. The highest BCUT2D eigenvalue weighted by Crippen LogP contribution is 2.46. The molecule has 4 N–H and O–H groups in total. The van der Waals surface area contributed by atoms with E-state index in [-0.39, 0.29) is 11.7 Å². The van der Waals surface area contributed by atoms with Crippen LogP contribution in [0.5, 0.6) is 5.88 Å². The van der Waals surface area contributed by atoms with Crippen LogP contribution in [0.2, 0.25) is 0 Å². The number of fused-ring (bicyclic) bond motifs is 6. The second-order valence-electron chi connectivity index (χ2n) is 15.5. The number of hydrogen-bond donors (Lipinski definition) is 4.